The van der Waals surface area contributed by atoms with Gasteiger partial charge in [0, 0.05) is 42.3 Å². The van der Waals surface area contributed by atoms with Crippen molar-refractivity contribution in [2.24, 2.45) is 0 Å². The Morgan fingerprint density at radius 1 is 0.915 bits per heavy atom. The number of dihydropyridines is 1. The highest BCUT2D eigenvalue weighted by Gasteiger charge is 2.39. The third-order valence-corrected chi connectivity index (χ3v) is 9.13. The number of methoxy groups -OCH3 is 1. The molecular formula is C37H44ClN3O6. The predicted molar refractivity (Wildman–Crippen MR) is 177 cm³/mol. The van der Waals surface area contributed by atoms with Gasteiger partial charge in [0.1, 0.15) is 0 Å². The fourth-order valence-electron chi connectivity index (χ4n) is 6.08. The molecule has 0 aliphatic carbocycles. The van der Waals surface area contributed by atoms with Crippen LogP contribution in [0.2, 0.25) is 0 Å². The molecule has 0 saturated heterocycles. The number of ether oxygens (including phenoxy) is 2. The second-order valence-electron chi connectivity index (χ2n) is 12.4. The maximum atomic E-state index is 13.7. The Morgan fingerprint density at radius 2 is 1.47 bits per heavy atom. The first-order valence-electron chi connectivity index (χ1n) is 15.6. The summed E-state index contributed by atoms with van der Waals surface area (Å²) in [6.07, 6.45) is 1.56. The molecule has 3 aromatic rings. The van der Waals surface area contributed by atoms with Gasteiger partial charge >= 0.3 is 11.9 Å². The number of quaternary nitrogens is 1. The van der Waals surface area contributed by atoms with Gasteiger partial charge in [-0.1, -0.05) is 72.8 Å². The molecule has 0 fully saturated rings. The normalized spacial score (nSPS) is 15.4. The first kappa shape index (κ1) is 37.0. The molecule has 0 saturated carbocycles. The lowest BCUT2D eigenvalue weighted by Crippen LogP contribution is -3.16. The summed E-state index contributed by atoms with van der Waals surface area (Å²) in [5, 5.41) is 14.7. The number of halogens is 1. The smallest absolute Gasteiger partial charge is 0.336 e. The maximum Gasteiger partial charge on any atom is 0.336 e. The number of esters is 2. The third kappa shape index (κ3) is 8.87. The summed E-state index contributed by atoms with van der Waals surface area (Å²) in [6.45, 7) is 8.84. The van der Waals surface area contributed by atoms with Gasteiger partial charge in [-0.25, -0.2) is 9.59 Å². The molecule has 0 aromatic heterocycles. The molecule has 9 nitrogen and oxygen atoms in total. The molecular weight excluding hydrogens is 618 g/mol. The van der Waals surface area contributed by atoms with Crippen molar-refractivity contribution in [3.8, 4) is 0 Å². The minimum Gasteiger partial charge on any atom is -1.00 e. The van der Waals surface area contributed by atoms with Crippen molar-refractivity contribution in [1.29, 1.82) is 0 Å². The van der Waals surface area contributed by atoms with Crippen molar-refractivity contribution >= 4 is 17.6 Å². The summed E-state index contributed by atoms with van der Waals surface area (Å²) in [6, 6.07) is 27.1. The molecule has 250 valence electrons. The Labute approximate surface area is 283 Å². The molecule has 1 aliphatic rings. The highest BCUT2D eigenvalue weighted by molar-refractivity contribution is 5.99. The summed E-state index contributed by atoms with van der Waals surface area (Å²) in [4.78, 5) is 39.0. The van der Waals surface area contributed by atoms with Gasteiger partial charge in [0.25, 0.3) is 5.69 Å². The maximum absolute atomic E-state index is 13.7. The van der Waals surface area contributed by atoms with E-state index < -0.39 is 22.8 Å². The third-order valence-electron chi connectivity index (χ3n) is 9.13. The first-order chi connectivity index (χ1) is 21.9. The summed E-state index contributed by atoms with van der Waals surface area (Å²) in [5.74, 6) is -1.84. The zero-order valence-corrected chi connectivity index (χ0v) is 28.6. The van der Waals surface area contributed by atoms with Crippen LogP contribution in [0.3, 0.4) is 0 Å². The fraction of sp³-hybridized carbons (Fsp3) is 0.351. The predicted octanol–water partition coefficient (Wildman–Crippen LogP) is 2.46. The molecule has 2 unspecified atom stereocenters. The lowest BCUT2D eigenvalue weighted by Gasteiger charge is -2.34. The molecule has 3 aromatic carbocycles. The van der Waals surface area contributed by atoms with E-state index in [1.165, 1.54) is 35.3 Å². The summed E-state index contributed by atoms with van der Waals surface area (Å²) in [5.41, 5.74) is 4.10. The van der Waals surface area contributed by atoms with E-state index in [9.17, 15) is 19.7 Å². The number of nitrogens with zero attached hydrogens (tertiary/aromatic N) is 1. The number of non-ortho nitro benzene ring substituents is 1. The zero-order valence-electron chi connectivity index (χ0n) is 27.8. The van der Waals surface area contributed by atoms with E-state index in [2.05, 4.69) is 74.7 Å². The molecule has 0 amide bonds. The Bertz CT molecular complexity index is 1580. The van der Waals surface area contributed by atoms with Gasteiger partial charge in [0.05, 0.1) is 54.8 Å². The molecule has 2 N–H and O–H groups in total. The molecule has 4 rings (SSSR count). The van der Waals surface area contributed by atoms with Crippen LogP contribution < -0.4 is 22.6 Å². The summed E-state index contributed by atoms with van der Waals surface area (Å²) >= 11 is 0. The monoisotopic (exact) mass is 661 g/mol. The molecule has 1 aliphatic heterocycles. The number of hydrogen-bond acceptors (Lipinski definition) is 7. The number of rotatable bonds is 13. The molecule has 10 heteroatoms. The number of carbonyl (C=O) groups excluding carboxylic acids is 2. The number of nitrogens with one attached hydrogen (secondary N) is 2. The van der Waals surface area contributed by atoms with E-state index in [4.69, 9.17) is 9.47 Å². The number of nitro benzene ring substituents is 1. The Morgan fingerprint density at radius 3 is 2.00 bits per heavy atom. The van der Waals surface area contributed by atoms with E-state index in [-0.39, 0.29) is 47.3 Å². The van der Waals surface area contributed by atoms with Crippen LogP contribution in [-0.2, 0) is 19.1 Å². The van der Waals surface area contributed by atoms with E-state index in [1.54, 1.807) is 26.0 Å². The minimum absolute atomic E-state index is 0. The molecule has 1 heterocycles. The van der Waals surface area contributed by atoms with Crippen LogP contribution in [0.15, 0.2) is 107 Å². The van der Waals surface area contributed by atoms with E-state index in [0.717, 1.165) is 13.0 Å². The number of allylic oxidation sites excluding steroid dienone is 2. The fourth-order valence-corrected chi connectivity index (χ4v) is 6.08. The molecule has 0 bridgehead atoms. The standard InChI is InChI=1S/C37H43N3O6.ClH/c1-25-32(35(41)45-6)34(29-18-13-19-30(24-29)40(43)44)33(26(2)38-25)36(42)46-23-21-37(3,4)39(5)22-20-31(27-14-9-7-10-15-27)28-16-11-8-12-17-28;/h7-19,24,31,34,38H,20-23H2,1-6H3;1H. The van der Waals surface area contributed by atoms with Crippen LogP contribution in [0.5, 0.6) is 0 Å². The van der Waals surface area contributed by atoms with Crippen LogP contribution in [-0.4, -0.2) is 49.7 Å². The Kier molecular flexibility index (Phi) is 12.9. The molecule has 0 spiro atoms. The lowest BCUT2D eigenvalue weighted by molar-refractivity contribution is -0.931. The van der Waals surface area contributed by atoms with Gasteiger partial charge in [0.2, 0.25) is 0 Å². The molecule has 47 heavy (non-hydrogen) atoms. The topological polar surface area (TPSA) is 112 Å². The van der Waals surface area contributed by atoms with E-state index >= 15 is 0 Å². The number of benzene rings is 3. The summed E-state index contributed by atoms with van der Waals surface area (Å²) < 4.78 is 10.9. The second-order valence-corrected chi connectivity index (χ2v) is 12.4. The lowest BCUT2D eigenvalue weighted by atomic mass is 9.80. The van der Waals surface area contributed by atoms with Crippen LogP contribution in [0.4, 0.5) is 5.69 Å². The largest absolute Gasteiger partial charge is 1.00 e. The van der Waals surface area contributed by atoms with Crippen molar-refractivity contribution in [2.75, 3.05) is 27.3 Å². The van der Waals surface area contributed by atoms with Gasteiger partial charge < -0.3 is 32.1 Å². The number of hydrogen-bond donors (Lipinski definition) is 2. The van der Waals surface area contributed by atoms with Gasteiger partial charge in [-0.3, -0.25) is 10.1 Å². The van der Waals surface area contributed by atoms with Crippen molar-refractivity contribution in [3.63, 3.8) is 0 Å². The quantitative estimate of drug-likeness (QED) is 0.165. The van der Waals surface area contributed by atoms with Crippen LogP contribution in [0.1, 0.15) is 69.1 Å². The van der Waals surface area contributed by atoms with Crippen molar-refractivity contribution in [2.45, 2.75) is 57.9 Å². The van der Waals surface area contributed by atoms with Gasteiger partial charge in [-0.15, -0.1) is 0 Å². The van der Waals surface area contributed by atoms with Crippen molar-refractivity contribution < 1.29 is 41.3 Å². The number of nitro groups is 1. The Hall–Kier alpha value is -4.47. The van der Waals surface area contributed by atoms with Crippen molar-refractivity contribution in [1.82, 2.24) is 5.32 Å². The van der Waals surface area contributed by atoms with Crippen LogP contribution >= 0.6 is 0 Å². The van der Waals surface area contributed by atoms with Crippen LogP contribution in [0, 0.1) is 10.1 Å². The van der Waals surface area contributed by atoms with E-state index in [0.29, 0.717) is 23.4 Å². The second kappa shape index (κ2) is 16.4. The zero-order chi connectivity index (χ0) is 33.4. The van der Waals surface area contributed by atoms with Gasteiger partial charge in [0.15, 0.2) is 0 Å². The first-order valence-corrected chi connectivity index (χ1v) is 15.6. The van der Waals surface area contributed by atoms with Crippen molar-refractivity contribution in [3.05, 3.63) is 134 Å². The molecule has 2 atom stereocenters. The minimum atomic E-state index is -0.893. The van der Waals surface area contributed by atoms with E-state index in [1.807, 2.05) is 12.1 Å². The van der Waals surface area contributed by atoms with Gasteiger partial charge in [-0.05, 0) is 44.4 Å². The SMILES string of the molecule is COC(=O)C1=C(C)NC(C)=C(C(=O)OCCC(C)(C)[NH+](C)CCC(c2ccccc2)c2ccccc2)C1c1cccc([N+](=O)[O-])c1.[Cl-]. The number of carbonyl (C=O) groups is 2. The van der Waals surface area contributed by atoms with Gasteiger partial charge in [-0.2, -0.15) is 0 Å². The average Bonchev–Trinajstić information content (AvgIpc) is 3.05. The average molecular weight is 662 g/mol. The highest BCUT2D eigenvalue weighted by atomic mass is 35.5. The van der Waals surface area contributed by atoms with Crippen LogP contribution in [0.25, 0.3) is 0 Å². The molecule has 0 radical (unpaired) electrons. The summed E-state index contributed by atoms with van der Waals surface area (Å²) in [7, 11) is 3.43. The Balaban J connectivity index is 0.00000600. The highest BCUT2D eigenvalue weighted by Crippen LogP contribution is 2.40.